The van der Waals surface area contributed by atoms with Gasteiger partial charge in [0, 0.05) is 5.56 Å². The summed E-state index contributed by atoms with van der Waals surface area (Å²) in [7, 11) is 1.13. The lowest BCUT2D eigenvalue weighted by Crippen LogP contribution is -2.28. The van der Waals surface area contributed by atoms with Gasteiger partial charge in [0.1, 0.15) is 7.11 Å². The van der Waals surface area contributed by atoms with Gasteiger partial charge in [-0.15, -0.1) is 4.73 Å². The van der Waals surface area contributed by atoms with Crippen LogP contribution in [0.4, 0.5) is 26.3 Å². The number of benzene rings is 2. The van der Waals surface area contributed by atoms with Crippen LogP contribution in [0.25, 0.3) is 22.3 Å². The third-order valence-corrected chi connectivity index (χ3v) is 3.81. The highest BCUT2D eigenvalue weighted by atomic mass is 19.4. The fraction of sp³-hybridized carbons (Fsp3) is 0.176. The highest BCUT2D eigenvalue weighted by Crippen LogP contribution is 2.32. The molecule has 0 N–H and O–H groups in total. The zero-order valence-electron chi connectivity index (χ0n) is 13.5. The lowest BCUT2D eigenvalue weighted by atomic mass is 10.1. The van der Waals surface area contributed by atoms with Gasteiger partial charge in [0.05, 0.1) is 22.0 Å². The standard InChI is InChI=1S/C17H10F6N2O2/c1-27-25-14(9-2-4-10(5-3-9)16(18,19)20)24-13-8-11(17(21,22)23)6-7-12(13)15(25)26/h2-8H,1H3. The largest absolute Gasteiger partial charge is 0.416 e. The predicted molar refractivity (Wildman–Crippen MR) is 83.9 cm³/mol. The van der Waals surface area contributed by atoms with Gasteiger partial charge in [0.25, 0.3) is 5.56 Å². The van der Waals surface area contributed by atoms with Crippen molar-refractivity contribution in [2.24, 2.45) is 0 Å². The van der Waals surface area contributed by atoms with Gasteiger partial charge in [0.2, 0.25) is 0 Å². The lowest BCUT2D eigenvalue weighted by Gasteiger charge is -2.13. The number of aromatic nitrogens is 2. The van der Waals surface area contributed by atoms with Crippen LogP contribution < -0.4 is 10.4 Å². The van der Waals surface area contributed by atoms with Crippen molar-refractivity contribution in [3.05, 3.63) is 63.9 Å². The van der Waals surface area contributed by atoms with Crippen LogP contribution in [-0.2, 0) is 12.4 Å². The van der Waals surface area contributed by atoms with Crippen LogP contribution in [0.5, 0.6) is 0 Å². The summed E-state index contributed by atoms with van der Waals surface area (Å²) in [6.07, 6.45) is -9.20. The molecule has 1 heterocycles. The average molecular weight is 388 g/mol. The van der Waals surface area contributed by atoms with Crippen LogP contribution in [-0.4, -0.2) is 16.8 Å². The number of hydrogen-bond donors (Lipinski definition) is 0. The van der Waals surface area contributed by atoms with Gasteiger partial charge >= 0.3 is 12.4 Å². The molecule has 0 aliphatic carbocycles. The quantitative estimate of drug-likeness (QED) is 0.620. The minimum atomic E-state index is -4.64. The molecule has 0 aliphatic rings. The Balaban J connectivity index is 2.23. The van der Waals surface area contributed by atoms with Crippen LogP contribution in [0.3, 0.4) is 0 Å². The molecule has 10 heteroatoms. The highest BCUT2D eigenvalue weighted by Gasteiger charge is 2.32. The molecule has 3 aromatic rings. The van der Waals surface area contributed by atoms with E-state index in [0.717, 1.165) is 43.5 Å². The van der Waals surface area contributed by atoms with E-state index >= 15 is 0 Å². The molecule has 0 radical (unpaired) electrons. The summed E-state index contributed by atoms with van der Waals surface area (Å²) in [6.45, 7) is 0. The molecule has 3 rings (SSSR count). The van der Waals surface area contributed by atoms with E-state index in [1.165, 1.54) is 0 Å². The van der Waals surface area contributed by atoms with Crippen LogP contribution >= 0.6 is 0 Å². The Morgan fingerprint density at radius 1 is 0.889 bits per heavy atom. The lowest BCUT2D eigenvalue weighted by molar-refractivity contribution is -0.138. The van der Waals surface area contributed by atoms with E-state index < -0.39 is 29.0 Å². The van der Waals surface area contributed by atoms with E-state index in [2.05, 4.69) is 4.98 Å². The van der Waals surface area contributed by atoms with E-state index in [1.807, 2.05) is 0 Å². The Kier molecular flexibility index (Phi) is 4.37. The summed E-state index contributed by atoms with van der Waals surface area (Å²) >= 11 is 0. The Bertz CT molecular complexity index is 1050. The van der Waals surface area contributed by atoms with Crippen molar-refractivity contribution >= 4 is 10.9 Å². The SMILES string of the molecule is COn1c(-c2ccc(C(F)(F)F)cc2)nc2cc(C(F)(F)F)ccc2c1=O. The van der Waals surface area contributed by atoms with Crippen LogP contribution in [0.1, 0.15) is 11.1 Å². The maximum absolute atomic E-state index is 12.9. The van der Waals surface area contributed by atoms with Crippen molar-refractivity contribution in [2.45, 2.75) is 12.4 Å². The normalized spacial score (nSPS) is 12.4. The first-order valence-corrected chi connectivity index (χ1v) is 7.38. The fourth-order valence-corrected chi connectivity index (χ4v) is 2.51. The topological polar surface area (TPSA) is 44.1 Å². The first kappa shape index (κ1) is 18.7. The minimum absolute atomic E-state index is 0.0706. The second-order valence-corrected chi connectivity index (χ2v) is 5.52. The van der Waals surface area contributed by atoms with Gasteiger partial charge in [-0.1, -0.05) is 12.1 Å². The highest BCUT2D eigenvalue weighted by molar-refractivity contribution is 5.80. The zero-order chi connectivity index (χ0) is 20.0. The number of nitrogens with zero attached hydrogens (tertiary/aromatic N) is 2. The summed E-state index contributed by atoms with van der Waals surface area (Å²) in [6, 6.07) is 6.07. The summed E-state index contributed by atoms with van der Waals surface area (Å²) in [4.78, 5) is 21.4. The zero-order valence-corrected chi connectivity index (χ0v) is 13.5. The number of fused-ring (bicyclic) bond motifs is 1. The van der Waals surface area contributed by atoms with Crippen LogP contribution in [0, 0.1) is 0 Å². The molecule has 0 unspecified atom stereocenters. The van der Waals surface area contributed by atoms with Gasteiger partial charge in [-0.3, -0.25) is 4.79 Å². The molecule has 27 heavy (non-hydrogen) atoms. The molecule has 1 aromatic heterocycles. The maximum atomic E-state index is 12.9. The molecule has 0 saturated carbocycles. The fourth-order valence-electron chi connectivity index (χ4n) is 2.51. The number of alkyl halides is 6. The molecular formula is C17H10F6N2O2. The van der Waals surface area contributed by atoms with E-state index in [9.17, 15) is 31.1 Å². The Hall–Kier alpha value is -3.04. The van der Waals surface area contributed by atoms with Crippen molar-refractivity contribution in [1.82, 2.24) is 9.71 Å². The smallest absolute Gasteiger partial charge is 0.412 e. The Morgan fingerprint density at radius 3 is 1.96 bits per heavy atom. The Morgan fingerprint density at radius 2 is 1.44 bits per heavy atom. The second kappa shape index (κ2) is 6.29. The molecule has 0 fully saturated rings. The average Bonchev–Trinajstić information content (AvgIpc) is 2.60. The molecule has 2 aromatic carbocycles. The number of rotatable bonds is 2. The van der Waals surface area contributed by atoms with E-state index in [4.69, 9.17) is 4.84 Å². The molecule has 0 spiro atoms. The van der Waals surface area contributed by atoms with Gasteiger partial charge in [-0.05, 0) is 30.3 Å². The predicted octanol–water partition coefficient (Wildman–Crippen LogP) is 4.16. The molecule has 0 bridgehead atoms. The maximum Gasteiger partial charge on any atom is 0.416 e. The third-order valence-electron chi connectivity index (χ3n) is 3.81. The van der Waals surface area contributed by atoms with E-state index in [1.54, 1.807) is 0 Å². The first-order valence-electron chi connectivity index (χ1n) is 7.38. The summed E-state index contributed by atoms with van der Waals surface area (Å²) in [5.74, 6) is -0.219. The summed E-state index contributed by atoms with van der Waals surface area (Å²) < 4.78 is 77.5. The van der Waals surface area contributed by atoms with Gasteiger partial charge in [-0.25, -0.2) is 4.98 Å². The van der Waals surface area contributed by atoms with Crippen LogP contribution in [0.15, 0.2) is 47.3 Å². The van der Waals surface area contributed by atoms with Crippen molar-refractivity contribution in [1.29, 1.82) is 0 Å². The number of hydrogen-bond acceptors (Lipinski definition) is 3. The van der Waals surface area contributed by atoms with E-state index in [0.29, 0.717) is 10.8 Å². The molecule has 142 valence electrons. The molecule has 0 atom stereocenters. The third kappa shape index (κ3) is 3.46. The van der Waals surface area contributed by atoms with Gasteiger partial charge in [0.15, 0.2) is 5.82 Å². The van der Waals surface area contributed by atoms with Gasteiger partial charge in [-0.2, -0.15) is 26.3 Å². The molecule has 0 amide bonds. The van der Waals surface area contributed by atoms with Crippen molar-refractivity contribution in [3.8, 4) is 11.4 Å². The van der Waals surface area contributed by atoms with E-state index in [-0.39, 0.29) is 22.3 Å². The van der Waals surface area contributed by atoms with Gasteiger partial charge < -0.3 is 4.84 Å². The second-order valence-electron chi connectivity index (χ2n) is 5.52. The molecular weight excluding hydrogens is 378 g/mol. The molecule has 4 nitrogen and oxygen atoms in total. The minimum Gasteiger partial charge on any atom is -0.412 e. The van der Waals surface area contributed by atoms with Crippen molar-refractivity contribution in [2.75, 3.05) is 7.11 Å². The molecule has 0 saturated heterocycles. The number of halogens is 6. The Labute approximate surface area is 147 Å². The van der Waals surface area contributed by atoms with Crippen molar-refractivity contribution < 1.29 is 31.2 Å². The van der Waals surface area contributed by atoms with Crippen LogP contribution in [0.2, 0.25) is 0 Å². The monoisotopic (exact) mass is 388 g/mol. The first-order chi connectivity index (χ1) is 12.5. The van der Waals surface area contributed by atoms with Crippen molar-refractivity contribution in [3.63, 3.8) is 0 Å². The molecule has 0 aliphatic heterocycles. The summed E-state index contributed by atoms with van der Waals surface area (Å²) in [5.41, 5.74) is -2.89. The summed E-state index contributed by atoms with van der Waals surface area (Å²) in [5, 5.41) is -0.125.